The molecule has 11 heteroatoms. The SMILES string of the molecule is O=C(O)CCc1cc(C2CCCC2)c(O)cc1NC(=O)C1CNc2cc(OC(F)(F)F)ccc2O1.[HH]. The number of aryl methyl sites for hydroxylation is 1. The summed E-state index contributed by atoms with van der Waals surface area (Å²) in [5.41, 5.74) is 1.89. The van der Waals surface area contributed by atoms with E-state index in [1.54, 1.807) is 6.07 Å². The highest BCUT2D eigenvalue weighted by Crippen LogP contribution is 2.41. The Morgan fingerprint density at radius 1 is 1.20 bits per heavy atom. The van der Waals surface area contributed by atoms with E-state index in [1.807, 2.05) is 0 Å². The molecule has 4 N–H and O–H groups in total. The van der Waals surface area contributed by atoms with Crippen LogP contribution >= 0.6 is 0 Å². The van der Waals surface area contributed by atoms with E-state index < -0.39 is 30.1 Å². The molecule has 0 aromatic heterocycles. The predicted octanol–water partition coefficient (Wildman–Crippen LogP) is 5.02. The van der Waals surface area contributed by atoms with Crippen molar-refractivity contribution < 1.29 is 43.9 Å². The number of aliphatic carboxylic acids is 1. The Bertz CT molecular complexity index is 1120. The smallest absolute Gasteiger partial charge is 0.508 e. The van der Waals surface area contributed by atoms with Gasteiger partial charge >= 0.3 is 12.3 Å². The van der Waals surface area contributed by atoms with Crippen LogP contribution in [0.1, 0.15) is 50.6 Å². The fourth-order valence-corrected chi connectivity index (χ4v) is 4.48. The Balaban J connectivity index is 0.00000361. The van der Waals surface area contributed by atoms with E-state index in [2.05, 4.69) is 15.4 Å². The number of benzene rings is 2. The Morgan fingerprint density at radius 2 is 1.94 bits per heavy atom. The van der Waals surface area contributed by atoms with Crippen molar-refractivity contribution in [3.63, 3.8) is 0 Å². The Morgan fingerprint density at radius 3 is 2.63 bits per heavy atom. The van der Waals surface area contributed by atoms with Crippen LogP contribution in [0.3, 0.4) is 0 Å². The lowest BCUT2D eigenvalue weighted by Gasteiger charge is -2.27. The molecule has 0 saturated heterocycles. The Labute approximate surface area is 200 Å². The van der Waals surface area contributed by atoms with Crippen LogP contribution in [-0.2, 0) is 16.0 Å². The molecule has 35 heavy (non-hydrogen) atoms. The molecular formula is C24H27F3N2O6. The van der Waals surface area contributed by atoms with Crippen molar-refractivity contribution >= 4 is 23.3 Å². The molecular weight excluding hydrogens is 469 g/mol. The van der Waals surface area contributed by atoms with Gasteiger partial charge < -0.3 is 30.3 Å². The minimum atomic E-state index is -4.83. The number of rotatable bonds is 7. The van der Waals surface area contributed by atoms with Crippen LogP contribution in [0.25, 0.3) is 0 Å². The molecule has 1 atom stereocenters. The summed E-state index contributed by atoms with van der Waals surface area (Å²) in [5, 5.41) is 25.3. The van der Waals surface area contributed by atoms with Gasteiger partial charge in [0.25, 0.3) is 5.91 Å². The van der Waals surface area contributed by atoms with Crippen molar-refractivity contribution in [1.29, 1.82) is 0 Å². The topological polar surface area (TPSA) is 117 Å². The first-order valence-electron chi connectivity index (χ1n) is 11.3. The zero-order valence-corrected chi connectivity index (χ0v) is 18.7. The molecule has 1 unspecified atom stereocenters. The summed E-state index contributed by atoms with van der Waals surface area (Å²) < 4.78 is 46.9. The highest BCUT2D eigenvalue weighted by atomic mass is 19.4. The number of aromatic hydroxyl groups is 1. The molecule has 1 amide bonds. The van der Waals surface area contributed by atoms with Crippen LogP contribution in [0, 0.1) is 0 Å². The van der Waals surface area contributed by atoms with Crippen LogP contribution in [0.4, 0.5) is 24.5 Å². The standard InChI is InChI=1S/C24H25F3N2O6.H2/c25-24(26,27)35-15-6-7-20-18(10-15)28-12-21(34-20)23(33)29-17-11-19(30)16(13-3-1-2-4-13)9-14(17)5-8-22(31)32;/h6-7,9-11,13,21,28,30H,1-5,8,12H2,(H,29,33)(H,31,32);1H. The fourth-order valence-electron chi connectivity index (χ4n) is 4.48. The number of anilines is 2. The summed E-state index contributed by atoms with van der Waals surface area (Å²) in [6.45, 7) is -0.0229. The number of carboxylic acid groups (broad SMARTS) is 1. The molecule has 190 valence electrons. The van der Waals surface area contributed by atoms with Gasteiger partial charge in [0.05, 0.1) is 12.2 Å². The van der Waals surface area contributed by atoms with Crippen molar-refractivity contribution in [1.82, 2.24) is 0 Å². The van der Waals surface area contributed by atoms with Gasteiger partial charge in [-0.2, -0.15) is 0 Å². The largest absolute Gasteiger partial charge is 0.573 e. The van der Waals surface area contributed by atoms with Gasteiger partial charge in [0, 0.05) is 25.7 Å². The molecule has 2 aliphatic rings. The number of hydrogen-bond donors (Lipinski definition) is 4. The molecule has 1 aliphatic heterocycles. The van der Waals surface area contributed by atoms with Gasteiger partial charge in [-0.3, -0.25) is 9.59 Å². The number of hydrogen-bond acceptors (Lipinski definition) is 6. The number of ether oxygens (including phenoxy) is 2. The second-order valence-corrected chi connectivity index (χ2v) is 8.63. The summed E-state index contributed by atoms with van der Waals surface area (Å²) in [7, 11) is 0. The number of fused-ring (bicyclic) bond motifs is 1. The normalized spacial score (nSPS) is 17.7. The number of carboxylic acids is 1. The van der Waals surface area contributed by atoms with E-state index in [0.29, 0.717) is 11.3 Å². The maximum absolute atomic E-state index is 12.9. The lowest BCUT2D eigenvalue weighted by molar-refractivity contribution is -0.274. The zero-order valence-electron chi connectivity index (χ0n) is 18.7. The van der Waals surface area contributed by atoms with Gasteiger partial charge in [0.1, 0.15) is 17.2 Å². The first kappa shape index (κ1) is 24.5. The molecule has 0 radical (unpaired) electrons. The van der Waals surface area contributed by atoms with Crippen LogP contribution in [-0.4, -0.2) is 41.1 Å². The third-order valence-electron chi connectivity index (χ3n) is 6.14. The third-order valence-corrected chi connectivity index (χ3v) is 6.14. The number of nitrogens with one attached hydrogen (secondary N) is 2. The number of carbonyl (C=O) groups is 2. The highest BCUT2D eigenvalue weighted by molar-refractivity contribution is 5.96. The molecule has 4 rings (SSSR count). The van der Waals surface area contributed by atoms with Crippen LogP contribution in [0.5, 0.6) is 17.2 Å². The molecule has 1 heterocycles. The summed E-state index contributed by atoms with van der Waals surface area (Å²) in [5.74, 6) is -1.55. The van der Waals surface area contributed by atoms with Crippen LogP contribution in [0.2, 0.25) is 0 Å². The number of halogens is 3. The molecule has 1 saturated carbocycles. The first-order chi connectivity index (χ1) is 16.6. The van der Waals surface area contributed by atoms with E-state index in [9.17, 15) is 27.9 Å². The molecule has 8 nitrogen and oxygen atoms in total. The molecule has 0 bridgehead atoms. The van der Waals surface area contributed by atoms with Gasteiger partial charge in [-0.15, -0.1) is 13.2 Å². The van der Waals surface area contributed by atoms with Gasteiger partial charge in [0.15, 0.2) is 6.10 Å². The monoisotopic (exact) mass is 496 g/mol. The molecule has 0 spiro atoms. The van der Waals surface area contributed by atoms with Crippen molar-refractivity contribution in [3.8, 4) is 17.2 Å². The number of carbonyl (C=O) groups excluding carboxylic acids is 1. The second-order valence-electron chi connectivity index (χ2n) is 8.63. The molecule has 2 aromatic rings. The molecule has 2 aromatic carbocycles. The maximum atomic E-state index is 12.9. The fraction of sp³-hybridized carbons (Fsp3) is 0.417. The van der Waals surface area contributed by atoms with Gasteiger partial charge in [-0.1, -0.05) is 12.8 Å². The van der Waals surface area contributed by atoms with Gasteiger partial charge in [0.2, 0.25) is 0 Å². The second kappa shape index (κ2) is 9.93. The molecule has 1 aliphatic carbocycles. The zero-order chi connectivity index (χ0) is 25.2. The number of alkyl halides is 3. The average molecular weight is 496 g/mol. The maximum Gasteiger partial charge on any atom is 0.573 e. The first-order valence-corrected chi connectivity index (χ1v) is 11.3. The van der Waals surface area contributed by atoms with E-state index >= 15 is 0 Å². The summed E-state index contributed by atoms with van der Waals surface area (Å²) in [4.78, 5) is 24.1. The number of amides is 1. The highest BCUT2D eigenvalue weighted by Gasteiger charge is 2.32. The van der Waals surface area contributed by atoms with E-state index in [0.717, 1.165) is 43.4 Å². The number of phenolic OH excluding ortho intramolecular Hbond substituents is 1. The van der Waals surface area contributed by atoms with Crippen molar-refractivity contribution in [2.75, 3.05) is 17.2 Å². The molecule has 1 fully saturated rings. The minimum absolute atomic E-state index is 0. The quantitative estimate of drug-likeness (QED) is 0.425. The van der Waals surface area contributed by atoms with Crippen LogP contribution < -0.4 is 20.1 Å². The average Bonchev–Trinajstić information content (AvgIpc) is 3.31. The van der Waals surface area contributed by atoms with Gasteiger partial charge in [-0.25, -0.2) is 0 Å². The predicted molar refractivity (Wildman–Crippen MR) is 122 cm³/mol. The summed E-state index contributed by atoms with van der Waals surface area (Å²) >= 11 is 0. The summed E-state index contributed by atoms with van der Waals surface area (Å²) in [6, 6.07) is 6.68. The Kier molecular flexibility index (Phi) is 6.95. The third kappa shape index (κ3) is 6.09. The number of phenols is 1. The van der Waals surface area contributed by atoms with Gasteiger partial charge in [-0.05, 0) is 54.5 Å². The van der Waals surface area contributed by atoms with Crippen molar-refractivity contribution in [2.45, 2.75) is 56.9 Å². The van der Waals surface area contributed by atoms with Crippen molar-refractivity contribution in [3.05, 3.63) is 41.5 Å². The van der Waals surface area contributed by atoms with Crippen LogP contribution in [0.15, 0.2) is 30.3 Å². The minimum Gasteiger partial charge on any atom is -0.508 e. The lowest BCUT2D eigenvalue weighted by atomic mass is 9.92. The lowest BCUT2D eigenvalue weighted by Crippen LogP contribution is -2.41. The van der Waals surface area contributed by atoms with Crippen molar-refractivity contribution in [2.24, 2.45) is 0 Å². The summed E-state index contributed by atoms with van der Waals surface area (Å²) in [6.07, 6.45) is -1.82. The van der Waals surface area contributed by atoms with E-state index in [1.165, 1.54) is 12.1 Å². The van der Waals surface area contributed by atoms with E-state index in [4.69, 9.17) is 9.84 Å². The Hall–Kier alpha value is -3.63. The van der Waals surface area contributed by atoms with E-state index in [-0.39, 0.29) is 43.9 Å².